The minimum atomic E-state index is -1.07. The zero-order chi connectivity index (χ0) is 26.5. The number of hydroxylamine groups is 1. The lowest BCUT2D eigenvalue weighted by Crippen LogP contribution is -2.58. The first-order valence-corrected chi connectivity index (χ1v) is 14.0. The zero-order valence-electron chi connectivity index (χ0n) is 22.0. The molecule has 1 amide bonds. The highest BCUT2D eigenvalue weighted by Crippen LogP contribution is 2.57. The number of cyclic esters (lactones) is 1. The molecule has 1 spiro atoms. The number of esters is 1. The van der Waals surface area contributed by atoms with E-state index < -0.39 is 23.7 Å². The van der Waals surface area contributed by atoms with E-state index in [4.69, 9.17) is 19.3 Å². The van der Waals surface area contributed by atoms with Crippen molar-refractivity contribution >= 4 is 23.3 Å². The third-order valence-electron chi connectivity index (χ3n) is 10.6. The fourth-order valence-electron chi connectivity index (χ4n) is 8.98. The van der Waals surface area contributed by atoms with Crippen LogP contribution in [0.2, 0.25) is 0 Å². The number of nitrogens with zero attached hydrogens (tertiary/aromatic N) is 2. The lowest BCUT2D eigenvalue weighted by molar-refractivity contribution is -0.164. The standard InChI is InChI=1S/C29H36N2O7/c1-13(9-16-21-15(11-38-27(16)34)8-14(2)24(21)32)23-22-17-12-37-26(25(22)33)29(10-19(17)30-23)18-6-4-5-7-20(18)31(36-3)28(29)35/h4-7,13-17,19,21-22,24-26,32-33H,8-12H2,1-3H3. The SMILES string of the molecule is CON1C(=O)C2(CC3N=C(C(C)CC4C(=O)OCC5CC(C)C(O)C54)C4C(O)C2OCC34)c2ccccc21. The molecular formula is C29H36N2O7. The Bertz CT molecular complexity index is 1200. The van der Waals surface area contributed by atoms with E-state index in [9.17, 15) is 19.8 Å². The first kappa shape index (κ1) is 24.7. The highest BCUT2D eigenvalue weighted by Gasteiger charge is 2.67. The molecule has 2 aliphatic carbocycles. The molecule has 9 heteroatoms. The molecule has 0 aromatic heterocycles. The second-order valence-corrected chi connectivity index (χ2v) is 12.4. The van der Waals surface area contributed by atoms with E-state index in [0.29, 0.717) is 31.7 Å². The predicted molar refractivity (Wildman–Crippen MR) is 136 cm³/mol. The molecule has 5 aliphatic heterocycles. The Morgan fingerprint density at radius 1 is 1.21 bits per heavy atom. The van der Waals surface area contributed by atoms with Gasteiger partial charge in [-0.2, -0.15) is 5.06 Å². The van der Waals surface area contributed by atoms with Crippen LogP contribution in [0.3, 0.4) is 0 Å². The molecule has 9 nitrogen and oxygen atoms in total. The van der Waals surface area contributed by atoms with Gasteiger partial charge in [-0.3, -0.25) is 19.4 Å². The number of aliphatic hydroxyl groups excluding tert-OH is 2. The Balaban J connectivity index is 1.22. The van der Waals surface area contributed by atoms with Crippen molar-refractivity contribution in [2.24, 2.45) is 46.4 Å². The van der Waals surface area contributed by atoms with Gasteiger partial charge in [-0.15, -0.1) is 0 Å². The van der Waals surface area contributed by atoms with Crippen molar-refractivity contribution in [3.8, 4) is 0 Å². The Labute approximate surface area is 222 Å². The van der Waals surface area contributed by atoms with Crippen LogP contribution in [0.4, 0.5) is 5.69 Å². The molecular weight excluding hydrogens is 488 g/mol. The van der Waals surface area contributed by atoms with E-state index in [1.54, 1.807) is 0 Å². The van der Waals surface area contributed by atoms with Crippen LogP contribution in [0.5, 0.6) is 0 Å². The highest BCUT2D eigenvalue weighted by molar-refractivity contribution is 6.08. The maximum atomic E-state index is 13.9. The average Bonchev–Trinajstić information content (AvgIpc) is 3.43. The van der Waals surface area contributed by atoms with Crippen LogP contribution in [-0.4, -0.2) is 72.5 Å². The van der Waals surface area contributed by atoms with Gasteiger partial charge < -0.3 is 19.7 Å². The Morgan fingerprint density at radius 2 is 2.00 bits per heavy atom. The van der Waals surface area contributed by atoms with Gasteiger partial charge in [0, 0.05) is 23.5 Å². The van der Waals surface area contributed by atoms with Gasteiger partial charge >= 0.3 is 5.97 Å². The predicted octanol–water partition coefficient (Wildman–Crippen LogP) is 1.88. The summed E-state index contributed by atoms with van der Waals surface area (Å²) in [5.41, 5.74) is 1.34. The normalized spacial score (nSPS) is 45.6. The quantitative estimate of drug-likeness (QED) is 0.578. The van der Waals surface area contributed by atoms with Crippen LogP contribution in [0.15, 0.2) is 29.3 Å². The number of fused-ring (bicyclic) bond motifs is 3. The monoisotopic (exact) mass is 524 g/mol. The summed E-state index contributed by atoms with van der Waals surface area (Å²) in [6.45, 7) is 4.92. The van der Waals surface area contributed by atoms with Crippen LogP contribution in [-0.2, 0) is 29.3 Å². The largest absolute Gasteiger partial charge is 0.465 e. The van der Waals surface area contributed by atoms with Crippen molar-refractivity contribution in [3.05, 3.63) is 29.8 Å². The first-order valence-electron chi connectivity index (χ1n) is 14.0. The first-order chi connectivity index (χ1) is 18.3. The van der Waals surface area contributed by atoms with Gasteiger partial charge in [0.15, 0.2) is 0 Å². The van der Waals surface area contributed by atoms with E-state index in [2.05, 4.69) is 6.92 Å². The van der Waals surface area contributed by atoms with E-state index in [1.807, 2.05) is 31.2 Å². The third kappa shape index (κ3) is 3.10. The third-order valence-corrected chi connectivity index (χ3v) is 10.6. The molecule has 1 aromatic rings. The molecule has 2 saturated carbocycles. The molecule has 7 aliphatic rings. The number of aliphatic hydroxyl groups is 2. The van der Waals surface area contributed by atoms with Crippen molar-refractivity contribution in [1.82, 2.24) is 0 Å². The summed E-state index contributed by atoms with van der Waals surface area (Å²) in [5.74, 6) is -0.946. The topological polar surface area (TPSA) is 118 Å². The minimum absolute atomic E-state index is 0.0298. The summed E-state index contributed by atoms with van der Waals surface area (Å²) in [6, 6.07) is 7.38. The molecule has 12 unspecified atom stereocenters. The van der Waals surface area contributed by atoms with E-state index in [1.165, 1.54) is 12.2 Å². The van der Waals surface area contributed by atoms with Gasteiger partial charge in [0.2, 0.25) is 0 Å². The number of amides is 1. The molecule has 4 bridgehead atoms. The highest BCUT2D eigenvalue weighted by atomic mass is 16.7. The maximum absolute atomic E-state index is 13.9. The van der Waals surface area contributed by atoms with Crippen molar-refractivity contribution in [2.75, 3.05) is 25.4 Å². The molecule has 12 atom stereocenters. The number of hydrogen-bond acceptors (Lipinski definition) is 8. The van der Waals surface area contributed by atoms with E-state index >= 15 is 0 Å². The average molecular weight is 525 g/mol. The number of aliphatic imine (C=N–C) groups is 1. The minimum Gasteiger partial charge on any atom is -0.465 e. The lowest BCUT2D eigenvalue weighted by atomic mass is 9.69. The number of hydrogen-bond donors (Lipinski definition) is 2. The molecule has 5 heterocycles. The Kier molecular flexibility index (Phi) is 5.58. The fraction of sp³-hybridized carbons (Fsp3) is 0.690. The van der Waals surface area contributed by atoms with Crippen molar-refractivity contribution in [3.63, 3.8) is 0 Å². The summed E-state index contributed by atoms with van der Waals surface area (Å²) in [4.78, 5) is 37.5. The molecule has 5 fully saturated rings. The Hall–Kier alpha value is -2.33. The number of carbonyl (C=O) groups excluding carboxylic acids is 2. The van der Waals surface area contributed by atoms with Gasteiger partial charge in [-0.05, 0) is 48.6 Å². The number of para-hydroxylation sites is 1. The van der Waals surface area contributed by atoms with Crippen LogP contribution in [0, 0.1) is 41.4 Å². The number of rotatable bonds is 4. The fourth-order valence-corrected chi connectivity index (χ4v) is 8.98. The number of benzene rings is 1. The van der Waals surface area contributed by atoms with E-state index in [0.717, 1.165) is 17.7 Å². The summed E-state index contributed by atoms with van der Waals surface area (Å²) >= 11 is 0. The van der Waals surface area contributed by atoms with Crippen molar-refractivity contribution in [1.29, 1.82) is 0 Å². The molecule has 1 aromatic carbocycles. The molecule has 3 saturated heterocycles. The number of carbonyl (C=O) groups is 2. The maximum Gasteiger partial charge on any atom is 0.309 e. The zero-order valence-corrected chi connectivity index (χ0v) is 22.0. The van der Waals surface area contributed by atoms with Crippen LogP contribution < -0.4 is 5.06 Å². The summed E-state index contributed by atoms with van der Waals surface area (Å²) in [6.07, 6.45) is -0.313. The van der Waals surface area contributed by atoms with Crippen LogP contribution >= 0.6 is 0 Å². The van der Waals surface area contributed by atoms with Gasteiger partial charge in [-0.25, -0.2) is 0 Å². The molecule has 2 N–H and O–H groups in total. The van der Waals surface area contributed by atoms with Crippen molar-refractivity contribution < 1.29 is 34.1 Å². The Morgan fingerprint density at radius 3 is 2.79 bits per heavy atom. The van der Waals surface area contributed by atoms with Gasteiger partial charge in [0.25, 0.3) is 5.91 Å². The summed E-state index contributed by atoms with van der Waals surface area (Å²) in [5, 5.41) is 24.1. The lowest BCUT2D eigenvalue weighted by Gasteiger charge is -2.43. The molecule has 8 rings (SSSR count). The van der Waals surface area contributed by atoms with Gasteiger partial charge in [-0.1, -0.05) is 32.0 Å². The van der Waals surface area contributed by atoms with E-state index in [-0.39, 0.29) is 59.3 Å². The second kappa shape index (κ2) is 8.58. The number of ether oxygens (including phenoxy) is 2. The molecule has 0 radical (unpaired) electrons. The van der Waals surface area contributed by atoms with Crippen LogP contribution in [0.25, 0.3) is 0 Å². The second-order valence-electron chi connectivity index (χ2n) is 12.4. The molecule has 204 valence electrons. The van der Waals surface area contributed by atoms with Gasteiger partial charge in [0.1, 0.15) is 11.5 Å². The summed E-state index contributed by atoms with van der Waals surface area (Å²) in [7, 11) is 1.48. The number of anilines is 1. The van der Waals surface area contributed by atoms with Crippen LogP contribution in [0.1, 0.15) is 38.7 Å². The smallest absolute Gasteiger partial charge is 0.309 e. The summed E-state index contributed by atoms with van der Waals surface area (Å²) < 4.78 is 11.9. The molecule has 38 heavy (non-hydrogen) atoms. The van der Waals surface area contributed by atoms with Crippen molar-refractivity contribution in [2.45, 2.75) is 62.9 Å². The van der Waals surface area contributed by atoms with Gasteiger partial charge in [0.05, 0.1) is 50.2 Å².